The van der Waals surface area contributed by atoms with Gasteiger partial charge in [0, 0.05) is 49.1 Å². The van der Waals surface area contributed by atoms with E-state index in [1.807, 2.05) is 36.4 Å². The van der Waals surface area contributed by atoms with E-state index in [9.17, 15) is 9.59 Å². The molecule has 2 aromatic rings. The molecule has 27 heavy (non-hydrogen) atoms. The van der Waals surface area contributed by atoms with Crippen LogP contribution in [0.3, 0.4) is 0 Å². The molecule has 1 aliphatic rings. The molecule has 142 valence electrons. The van der Waals surface area contributed by atoms with Crippen LogP contribution < -0.4 is 10.2 Å². The second kappa shape index (κ2) is 9.15. The van der Waals surface area contributed by atoms with E-state index in [0.29, 0.717) is 5.56 Å². The van der Waals surface area contributed by atoms with Gasteiger partial charge in [-0.05, 0) is 31.3 Å². The summed E-state index contributed by atoms with van der Waals surface area (Å²) in [5, 5.41) is 2.98. The SMILES string of the molecule is CN1CCN(c2ccccc2NC(=O)CCC(=O)c2ccc(Br)cc2)CC1. The van der Waals surface area contributed by atoms with Gasteiger partial charge in [-0.1, -0.05) is 40.2 Å². The van der Waals surface area contributed by atoms with Crippen LogP contribution in [-0.4, -0.2) is 49.8 Å². The molecule has 0 radical (unpaired) electrons. The van der Waals surface area contributed by atoms with Crippen molar-refractivity contribution in [3.8, 4) is 0 Å². The number of halogens is 1. The highest BCUT2D eigenvalue weighted by Crippen LogP contribution is 2.26. The van der Waals surface area contributed by atoms with Crippen LogP contribution in [0.1, 0.15) is 23.2 Å². The van der Waals surface area contributed by atoms with Crippen molar-refractivity contribution in [2.75, 3.05) is 43.4 Å². The van der Waals surface area contributed by atoms with Crippen LogP contribution in [0.25, 0.3) is 0 Å². The molecule has 0 aliphatic carbocycles. The van der Waals surface area contributed by atoms with Gasteiger partial charge in [0.15, 0.2) is 5.78 Å². The first-order valence-electron chi connectivity index (χ1n) is 9.14. The zero-order valence-electron chi connectivity index (χ0n) is 15.5. The van der Waals surface area contributed by atoms with E-state index in [1.54, 1.807) is 12.1 Å². The molecule has 0 aromatic heterocycles. The molecule has 0 bridgehead atoms. The lowest BCUT2D eigenvalue weighted by atomic mass is 10.1. The van der Waals surface area contributed by atoms with Gasteiger partial charge in [0.2, 0.25) is 5.91 Å². The normalized spacial score (nSPS) is 14.8. The molecular weight excluding hydrogens is 406 g/mol. The first kappa shape index (κ1) is 19.6. The quantitative estimate of drug-likeness (QED) is 0.709. The van der Waals surface area contributed by atoms with E-state index in [1.165, 1.54) is 0 Å². The Bertz CT molecular complexity index is 799. The lowest BCUT2D eigenvalue weighted by molar-refractivity contribution is -0.116. The monoisotopic (exact) mass is 429 g/mol. The molecule has 0 spiro atoms. The van der Waals surface area contributed by atoms with Gasteiger partial charge in [-0.3, -0.25) is 9.59 Å². The van der Waals surface area contributed by atoms with Crippen LogP contribution in [0.4, 0.5) is 11.4 Å². The van der Waals surface area contributed by atoms with Gasteiger partial charge in [-0.2, -0.15) is 0 Å². The summed E-state index contributed by atoms with van der Waals surface area (Å²) < 4.78 is 0.928. The third kappa shape index (κ3) is 5.40. The molecule has 2 aromatic carbocycles. The fraction of sp³-hybridized carbons (Fsp3) is 0.333. The molecule has 1 saturated heterocycles. The Hall–Kier alpha value is -2.18. The standard InChI is InChI=1S/C21H24BrN3O2/c1-24-12-14-25(15-13-24)19-5-3-2-4-18(19)23-21(27)11-10-20(26)16-6-8-17(22)9-7-16/h2-9H,10-15H2,1H3,(H,23,27). The van der Waals surface area contributed by atoms with Crippen LogP contribution in [0.15, 0.2) is 53.0 Å². The fourth-order valence-corrected chi connectivity index (χ4v) is 3.39. The number of benzene rings is 2. The van der Waals surface area contributed by atoms with E-state index >= 15 is 0 Å². The van der Waals surface area contributed by atoms with Gasteiger partial charge in [-0.15, -0.1) is 0 Å². The summed E-state index contributed by atoms with van der Waals surface area (Å²) in [6.07, 6.45) is 0.371. The maximum atomic E-state index is 12.4. The Morgan fingerprint density at radius 2 is 1.63 bits per heavy atom. The van der Waals surface area contributed by atoms with E-state index in [4.69, 9.17) is 0 Å². The number of piperazine rings is 1. The van der Waals surface area contributed by atoms with Crippen LogP contribution in [-0.2, 0) is 4.79 Å². The van der Waals surface area contributed by atoms with E-state index in [-0.39, 0.29) is 24.5 Å². The zero-order chi connectivity index (χ0) is 19.2. The number of nitrogens with one attached hydrogen (secondary N) is 1. The Labute approximate surface area is 168 Å². The van der Waals surface area contributed by atoms with Crippen molar-refractivity contribution in [2.45, 2.75) is 12.8 Å². The number of para-hydroxylation sites is 2. The van der Waals surface area contributed by atoms with Crippen LogP contribution in [0, 0.1) is 0 Å². The summed E-state index contributed by atoms with van der Waals surface area (Å²) in [5.41, 5.74) is 2.48. The van der Waals surface area contributed by atoms with Gasteiger partial charge in [-0.25, -0.2) is 0 Å². The smallest absolute Gasteiger partial charge is 0.224 e. The first-order chi connectivity index (χ1) is 13.0. The van der Waals surface area contributed by atoms with Crippen molar-refractivity contribution >= 4 is 39.0 Å². The Morgan fingerprint density at radius 3 is 2.33 bits per heavy atom. The van der Waals surface area contributed by atoms with Crippen LogP contribution in [0.5, 0.6) is 0 Å². The average Bonchev–Trinajstić information content (AvgIpc) is 2.68. The number of hydrogen-bond acceptors (Lipinski definition) is 4. The molecule has 3 rings (SSSR count). The van der Waals surface area contributed by atoms with E-state index in [2.05, 4.69) is 38.1 Å². The van der Waals surface area contributed by atoms with Crippen molar-refractivity contribution in [3.05, 3.63) is 58.6 Å². The molecule has 1 N–H and O–H groups in total. The summed E-state index contributed by atoms with van der Waals surface area (Å²) in [4.78, 5) is 29.2. The lowest BCUT2D eigenvalue weighted by Gasteiger charge is -2.35. The topological polar surface area (TPSA) is 52.6 Å². The summed E-state index contributed by atoms with van der Waals surface area (Å²) in [6, 6.07) is 15.1. The number of hydrogen-bond donors (Lipinski definition) is 1. The maximum absolute atomic E-state index is 12.4. The Balaban J connectivity index is 1.58. The van der Waals surface area contributed by atoms with Gasteiger partial charge < -0.3 is 15.1 Å². The van der Waals surface area contributed by atoms with Gasteiger partial charge in [0.05, 0.1) is 11.4 Å². The minimum atomic E-state index is -0.137. The maximum Gasteiger partial charge on any atom is 0.224 e. The van der Waals surface area contributed by atoms with Crippen LogP contribution in [0.2, 0.25) is 0 Å². The van der Waals surface area contributed by atoms with Crippen LogP contribution >= 0.6 is 15.9 Å². The molecule has 1 aliphatic heterocycles. The average molecular weight is 430 g/mol. The predicted molar refractivity (Wildman–Crippen MR) is 112 cm³/mol. The number of likely N-dealkylation sites (N-methyl/N-ethyl adjacent to an activating group) is 1. The number of rotatable bonds is 6. The molecule has 6 heteroatoms. The highest BCUT2D eigenvalue weighted by atomic mass is 79.9. The number of amides is 1. The molecule has 1 heterocycles. The zero-order valence-corrected chi connectivity index (χ0v) is 17.0. The van der Waals surface area contributed by atoms with E-state index < -0.39 is 0 Å². The Morgan fingerprint density at radius 1 is 0.963 bits per heavy atom. The number of ketones is 1. The highest BCUT2D eigenvalue weighted by Gasteiger charge is 2.18. The van der Waals surface area contributed by atoms with Crippen molar-refractivity contribution in [3.63, 3.8) is 0 Å². The summed E-state index contributed by atoms with van der Waals surface area (Å²) >= 11 is 3.35. The number of Topliss-reactive ketones (excluding diaryl/α,β-unsaturated/α-hetero) is 1. The molecular formula is C21H24BrN3O2. The van der Waals surface area contributed by atoms with E-state index in [0.717, 1.165) is 42.0 Å². The lowest BCUT2D eigenvalue weighted by Crippen LogP contribution is -2.44. The minimum Gasteiger partial charge on any atom is -0.367 e. The van der Waals surface area contributed by atoms with Gasteiger partial charge >= 0.3 is 0 Å². The largest absolute Gasteiger partial charge is 0.367 e. The highest BCUT2D eigenvalue weighted by molar-refractivity contribution is 9.10. The van der Waals surface area contributed by atoms with Crippen molar-refractivity contribution < 1.29 is 9.59 Å². The summed E-state index contributed by atoms with van der Waals surface area (Å²) in [5.74, 6) is -0.160. The molecule has 5 nitrogen and oxygen atoms in total. The van der Waals surface area contributed by atoms with Gasteiger partial charge in [0.1, 0.15) is 0 Å². The second-order valence-corrected chi connectivity index (χ2v) is 7.70. The first-order valence-corrected chi connectivity index (χ1v) is 9.93. The second-order valence-electron chi connectivity index (χ2n) is 6.79. The number of carbonyl (C=O) groups is 2. The summed E-state index contributed by atoms with van der Waals surface area (Å²) in [7, 11) is 2.12. The van der Waals surface area contributed by atoms with Crippen molar-refractivity contribution in [1.29, 1.82) is 0 Å². The van der Waals surface area contributed by atoms with Crippen molar-refractivity contribution in [1.82, 2.24) is 4.90 Å². The number of anilines is 2. The third-order valence-electron chi connectivity index (χ3n) is 4.77. The Kier molecular flexibility index (Phi) is 6.63. The third-order valence-corrected chi connectivity index (χ3v) is 5.30. The minimum absolute atomic E-state index is 0.0231. The predicted octanol–water partition coefficient (Wildman–Crippen LogP) is 3.80. The van der Waals surface area contributed by atoms with Crippen molar-refractivity contribution in [2.24, 2.45) is 0 Å². The number of carbonyl (C=O) groups excluding carboxylic acids is 2. The van der Waals surface area contributed by atoms with Gasteiger partial charge in [0.25, 0.3) is 0 Å². The molecule has 0 unspecified atom stereocenters. The summed E-state index contributed by atoms with van der Waals surface area (Å²) in [6.45, 7) is 3.88. The molecule has 1 amide bonds. The molecule has 0 atom stereocenters. The molecule has 0 saturated carbocycles. The molecule has 1 fully saturated rings. The number of nitrogens with zero attached hydrogens (tertiary/aromatic N) is 2. The fourth-order valence-electron chi connectivity index (χ4n) is 3.12.